The second-order valence-corrected chi connectivity index (χ2v) is 3.07. The van der Waals surface area contributed by atoms with Crippen LogP contribution in [0.3, 0.4) is 0 Å². The van der Waals surface area contributed by atoms with Crippen molar-refractivity contribution in [2.45, 2.75) is 32.7 Å². The van der Waals surface area contributed by atoms with E-state index in [0.29, 0.717) is 6.42 Å². The Balaban J connectivity index is 4.16. The lowest BCUT2D eigenvalue weighted by Gasteiger charge is -2.11. The van der Waals surface area contributed by atoms with Crippen LogP contribution in [0.4, 0.5) is 0 Å². The fourth-order valence-electron chi connectivity index (χ4n) is 1.02. The maximum atomic E-state index is 11.2. The van der Waals surface area contributed by atoms with Crippen molar-refractivity contribution in [2.24, 2.45) is 0 Å². The molecule has 0 aliphatic rings. The number of rotatable bonds is 6. The van der Waals surface area contributed by atoms with Gasteiger partial charge in [0.1, 0.15) is 6.04 Å². The van der Waals surface area contributed by atoms with Crippen molar-refractivity contribution in [3.05, 3.63) is 24.3 Å². The number of carboxylic acids is 1. The van der Waals surface area contributed by atoms with Crippen molar-refractivity contribution in [1.29, 1.82) is 0 Å². The van der Waals surface area contributed by atoms with Gasteiger partial charge in [0.05, 0.1) is 0 Å². The van der Waals surface area contributed by atoms with Crippen molar-refractivity contribution >= 4 is 11.9 Å². The molecule has 1 amide bonds. The van der Waals surface area contributed by atoms with Crippen molar-refractivity contribution in [1.82, 2.24) is 5.32 Å². The standard InChI is InChI=1S/C11H17NO3/c1-3-5-6-8-10(13)12-9(7-4-2)11(14)15/h3,5-6,8-9H,4,7H2,1-2H3,(H,12,13)(H,14,15)/b5-3?,8-6+/t9-/m0/s1. The van der Waals surface area contributed by atoms with Gasteiger partial charge in [-0.05, 0) is 13.3 Å². The summed E-state index contributed by atoms with van der Waals surface area (Å²) in [6, 6.07) is -0.794. The molecule has 0 aromatic carbocycles. The predicted octanol–water partition coefficient (Wildman–Crippen LogP) is 1.49. The summed E-state index contributed by atoms with van der Waals surface area (Å²) in [5.74, 6) is -1.38. The minimum Gasteiger partial charge on any atom is -0.480 e. The summed E-state index contributed by atoms with van der Waals surface area (Å²) in [5.41, 5.74) is 0. The summed E-state index contributed by atoms with van der Waals surface area (Å²) in [4.78, 5) is 21.9. The van der Waals surface area contributed by atoms with E-state index in [4.69, 9.17) is 5.11 Å². The number of nitrogens with one attached hydrogen (secondary N) is 1. The van der Waals surface area contributed by atoms with Gasteiger partial charge in [-0.25, -0.2) is 4.79 Å². The number of hydrogen-bond acceptors (Lipinski definition) is 2. The first-order valence-electron chi connectivity index (χ1n) is 4.94. The highest BCUT2D eigenvalue weighted by Crippen LogP contribution is 1.96. The van der Waals surface area contributed by atoms with Crippen LogP contribution < -0.4 is 5.32 Å². The predicted molar refractivity (Wildman–Crippen MR) is 58.4 cm³/mol. The molecule has 2 N–H and O–H groups in total. The van der Waals surface area contributed by atoms with E-state index in [9.17, 15) is 9.59 Å². The van der Waals surface area contributed by atoms with E-state index >= 15 is 0 Å². The third-order valence-electron chi connectivity index (χ3n) is 1.74. The van der Waals surface area contributed by atoms with E-state index in [-0.39, 0.29) is 5.91 Å². The van der Waals surface area contributed by atoms with Crippen molar-refractivity contribution in [3.63, 3.8) is 0 Å². The monoisotopic (exact) mass is 211 g/mol. The molecule has 0 heterocycles. The molecule has 84 valence electrons. The lowest BCUT2D eigenvalue weighted by atomic mass is 10.1. The van der Waals surface area contributed by atoms with Crippen molar-refractivity contribution < 1.29 is 14.7 Å². The number of carbonyl (C=O) groups excluding carboxylic acids is 1. The maximum absolute atomic E-state index is 11.2. The minimum atomic E-state index is -0.996. The van der Waals surface area contributed by atoms with Gasteiger partial charge in [-0.2, -0.15) is 0 Å². The number of carboxylic acid groups (broad SMARTS) is 1. The van der Waals surface area contributed by atoms with Gasteiger partial charge >= 0.3 is 5.97 Å². The lowest BCUT2D eigenvalue weighted by molar-refractivity contribution is -0.141. The number of allylic oxidation sites excluding steroid dienone is 3. The van der Waals surface area contributed by atoms with E-state index in [1.165, 1.54) is 6.08 Å². The zero-order valence-corrected chi connectivity index (χ0v) is 9.06. The number of aliphatic carboxylic acids is 1. The molecule has 0 aliphatic heterocycles. The van der Waals surface area contributed by atoms with Crippen molar-refractivity contribution in [2.75, 3.05) is 0 Å². The summed E-state index contributed by atoms with van der Waals surface area (Å²) < 4.78 is 0. The van der Waals surface area contributed by atoms with E-state index in [0.717, 1.165) is 6.42 Å². The molecule has 0 aliphatic carbocycles. The van der Waals surface area contributed by atoms with Crippen LogP contribution in [0.1, 0.15) is 26.7 Å². The second kappa shape index (κ2) is 7.79. The van der Waals surface area contributed by atoms with Gasteiger partial charge in [0.2, 0.25) is 5.91 Å². The molecule has 0 fully saturated rings. The maximum Gasteiger partial charge on any atom is 0.326 e. The summed E-state index contributed by atoms with van der Waals surface area (Å²) in [5, 5.41) is 11.2. The third kappa shape index (κ3) is 6.49. The molecule has 0 saturated carbocycles. The lowest BCUT2D eigenvalue weighted by Crippen LogP contribution is -2.39. The molecule has 15 heavy (non-hydrogen) atoms. The number of hydrogen-bond donors (Lipinski definition) is 2. The van der Waals surface area contributed by atoms with E-state index in [1.54, 1.807) is 18.2 Å². The largest absolute Gasteiger partial charge is 0.480 e. The van der Waals surface area contributed by atoms with E-state index in [1.807, 2.05) is 13.8 Å². The highest BCUT2D eigenvalue weighted by atomic mass is 16.4. The summed E-state index contributed by atoms with van der Waals surface area (Å²) >= 11 is 0. The zero-order valence-electron chi connectivity index (χ0n) is 9.06. The fraction of sp³-hybridized carbons (Fsp3) is 0.455. The Morgan fingerprint density at radius 1 is 1.40 bits per heavy atom. The molecule has 0 radical (unpaired) electrons. The molecule has 0 saturated heterocycles. The SMILES string of the molecule is CC=C/C=C/C(=O)N[C@@H](CCC)C(=O)O. The molecule has 0 rings (SSSR count). The molecule has 4 nitrogen and oxygen atoms in total. The van der Waals surface area contributed by atoms with Gasteiger partial charge < -0.3 is 10.4 Å². The highest BCUT2D eigenvalue weighted by molar-refractivity contribution is 5.91. The van der Waals surface area contributed by atoms with Gasteiger partial charge in [0.25, 0.3) is 0 Å². The van der Waals surface area contributed by atoms with Gasteiger partial charge in [0.15, 0.2) is 0 Å². The average Bonchev–Trinajstić information content (AvgIpc) is 2.17. The third-order valence-corrected chi connectivity index (χ3v) is 1.74. The van der Waals surface area contributed by atoms with Crippen LogP contribution in [0.2, 0.25) is 0 Å². The van der Waals surface area contributed by atoms with Crippen molar-refractivity contribution in [3.8, 4) is 0 Å². The second-order valence-electron chi connectivity index (χ2n) is 3.07. The number of carbonyl (C=O) groups is 2. The number of amides is 1. The highest BCUT2D eigenvalue weighted by Gasteiger charge is 2.16. The van der Waals surface area contributed by atoms with Crippen LogP contribution in [-0.2, 0) is 9.59 Å². The molecule has 0 aromatic heterocycles. The molecule has 4 heteroatoms. The zero-order chi connectivity index (χ0) is 11.7. The van der Waals surface area contributed by atoms with Crippen LogP contribution >= 0.6 is 0 Å². The van der Waals surface area contributed by atoms with Crippen LogP contribution in [0.15, 0.2) is 24.3 Å². The average molecular weight is 211 g/mol. The normalized spacial score (nSPS) is 13.2. The molecular formula is C11H17NO3. The van der Waals surface area contributed by atoms with Gasteiger partial charge in [-0.15, -0.1) is 0 Å². The van der Waals surface area contributed by atoms with Crippen LogP contribution in [0.25, 0.3) is 0 Å². The van der Waals surface area contributed by atoms with E-state index < -0.39 is 12.0 Å². The Kier molecular flexibility index (Phi) is 6.97. The van der Waals surface area contributed by atoms with Crippen LogP contribution in [0, 0.1) is 0 Å². The van der Waals surface area contributed by atoms with Gasteiger partial charge in [-0.3, -0.25) is 4.79 Å². The Labute approximate surface area is 89.7 Å². The molecule has 1 atom stereocenters. The summed E-state index contributed by atoms with van der Waals surface area (Å²) in [6.45, 7) is 3.71. The Hall–Kier alpha value is -1.58. The Morgan fingerprint density at radius 3 is 2.53 bits per heavy atom. The summed E-state index contributed by atoms with van der Waals surface area (Å²) in [6.07, 6.45) is 7.53. The van der Waals surface area contributed by atoms with Crippen LogP contribution in [-0.4, -0.2) is 23.0 Å². The first kappa shape index (κ1) is 13.4. The molecule has 0 unspecified atom stereocenters. The van der Waals surface area contributed by atoms with Gasteiger partial charge in [0, 0.05) is 6.08 Å². The fourth-order valence-corrected chi connectivity index (χ4v) is 1.02. The Bertz CT molecular complexity index is 269. The first-order chi connectivity index (χ1) is 7.11. The topological polar surface area (TPSA) is 66.4 Å². The Morgan fingerprint density at radius 2 is 2.07 bits per heavy atom. The molecule has 0 aromatic rings. The minimum absolute atomic E-state index is 0.381. The summed E-state index contributed by atoms with van der Waals surface area (Å²) in [7, 11) is 0. The smallest absolute Gasteiger partial charge is 0.326 e. The quantitative estimate of drug-likeness (QED) is 0.516. The molecular weight excluding hydrogens is 194 g/mol. The van der Waals surface area contributed by atoms with Crippen LogP contribution in [0.5, 0.6) is 0 Å². The van der Waals surface area contributed by atoms with Gasteiger partial charge in [-0.1, -0.05) is 31.6 Å². The van der Waals surface area contributed by atoms with E-state index in [2.05, 4.69) is 5.32 Å². The molecule has 0 spiro atoms. The first-order valence-corrected chi connectivity index (χ1v) is 4.94. The molecule has 0 bridgehead atoms.